The lowest BCUT2D eigenvalue weighted by Gasteiger charge is -2.17. The highest BCUT2D eigenvalue weighted by atomic mass is 32.2. The number of carboxylic acids is 1. The van der Waals surface area contributed by atoms with Crippen LogP contribution in [0.15, 0.2) is 77.8 Å². The summed E-state index contributed by atoms with van der Waals surface area (Å²) in [6.07, 6.45) is -0.139. The van der Waals surface area contributed by atoms with Crippen molar-refractivity contribution in [3.8, 4) is 5.75 Å². The van der Waals surface area contributed by atoms with Gasteiger partial charge in [0.05, 0.1) is 19.2 Å². The van der Waals surface area contributed by atoms with Gasteiger partial charge in [0.1, 0.15) is 22.5 Å². The molecule has 1 unspecified atom stereocenters. The van der Waals surface area contributed by atoms with Gasteiger partial charge >= 0.3 is 5.97 Å². The van der Waals surface area contributed by atoms with E-state index in [-0.39, 0.29) is 30.1 Å². The first-order valence-electron chi connectivity index (χ1n) is 10.9. The summed E-state index contributed by atoms with van der Waals surface area (Å²) < 4.78 is 19.4. The smallest absolute Gasteiger partial charge is 0.335 e. The van der Waals surface area contributed by atoms with Gasteiger partial charge in [0.15, 0.2) is 5.17 Å². The Morgan fingerprint density at radius 1 is 1.08 bits per heavy atom. The zero-order valence-corrected chi connectivity index (χ0v) is 20.0. The summed E-state index contributed by atoms with van der Waals surface area (Å²) in [6, 6.07) is 18.9. The number of carboxylic acid groups (broad SMARTS) is 1. The zero-order chi connectivity index (χ0) is 25.7. The molecule has 2 N–H and O–H groups in total. The molecule has 1 atom stereocenters. The SMILES string of the molecule is COc1ccc(CN2C(=O)C(CC(=O)Nc3ccc(C(=O)O)cc3)SC2=Nc2ccccc2F)cc1. The summed E-state index contributed by atoms with van der Waals surface area (Å²) in [4.78, 5) is 42.8. The molecular weight excluding hydrogens is 485 g/mol. The van der Waals surface area contributed by atoms with Crippen molar-refractivity contribution in [3.05, 3.63) is 89.7 Å². The largest absolute Gasteiger partial charge is 0.497 e. The van der Waals surface area contributed by atoms with Gasteiger partial charge < -0.3 is 15.2 Å². The highest BCUT2D eigenvalue weighted by Crippen LogP contribution is 2.34. The average molecular weight is 508 g/mol. The summed E-state index contributed by atoms with van der Waals surface area (Å²) >= 11 is 1.10. The van der Waals surface area contributed by atoms with E-state index in [0.29, 0.717) is 16.6 Å². The van der Waals surface area contributed by atoms with E-state index in [2.05, 4.69) is 10.3 Å². The Morgan fingerprint density at radius 3 is 2.42 bits per heavy atom. The molecule has 1 aliphatic rings. The molecule has 4 rings (SSSR count). The number of ether oxygens (including phenoxy) is 1. The van der Waals surface area contributed by atoms with Crippen molar-refractivity contribution in [1.29, 1.82) is 0 Å². The van der Waals surface area contributed by atoms with E-state index in [9.17, 15) is 18.8 Å². The molecule has 8 nitrogen and oxygen atoms in total. The van der Waals surface area contributed by atoms with Gasteiger partial charge in [-0.3, -0.25) is 14.5 Å². The summed E-state index contributed by atoms with van der Waals surface area (Å²) in [7, 11) is 1.56. The molecule has 1 saturated heterocycles. The number of thioether (sulfide) groups is 1. The summed E-state index contributed by atoms with van der Waals surface area (Å²) in [5, 5.41) is 11.2. The normalized spacial score (nSPS) is 16.3. The predicted molar refractivity (Wildman–Crippen MR) is 135 cm³/mol. The molecule has 0 saturated carbocycles. The van der Waals surface area contributed by atoms with E-state index >= 15 is 0 Å². The minimum absolute atomic E-state index is 0.0937. The number of amides is 2. The minimum atomic E-state index is -1.07. The van der Waals surface area contributed by atoms with E-state index in [1.807, 2.05) is 12.1 Å². The molecule has 1 heterocycles. The lowest BCUT2D eigenvalue weighted by molar-refractivity contribution is -0.128. The standard InChI is InChI=1S/C26H22FN3O5S/c1-35-19-12-6-16(7-13-19)15-30-24(32)22(36-26(30)29-21-5-3-2-4-20(21)27)14-23(31)28-18-10-8-17(9-11-18)25(33)34/h2-13,22H,14-15H2,1H3,(H,28,31)(H,33,34). The number of hydrogen-bond acceptors (Lipinski definition) is 6. The maximum Gasteiger partial charge on any atom is 0.335 e. The summed E-state index contributed by atoms with van der Waals surface area (Å²) in [5.74, 6) is -1.65. The Bertz CT molecular complexity index is 1310. The number of carbonyl (C=O) groups excluding carboxylic acids is 2. The van der Waals surface area contributed by atoms with Crippen molar-refractivity contribution in [2.45, 2.75) is 18.2 Å². The fourth-order valence-corrected chi connectivity index (χ4v) is 4.66. The zero-order valence-electron chi connectivity index (χ0n) is 19.2. The fraction of sp³-hybridized carbons (Fsp3) is 0.154. The molecule has 1 aliphatic heterocycles. The van der Waals surface area contributed by atoms with Crippen molar-refractivity contribution in [2.24, 2.45) is 4.99 Å². The van der Waals surface area contributed by atoms with Crippen LogP contribution in [0.2, 0.25) is 0 Å². The quantitative estimate of drug-likeness (QED) is 0.458. The fourth-order valence-electron chi connectivity index (χ4n) is 3.51. The molecule has 3 aromatic carbocycles. The first kappa shape index (κ1) is 24.9. The lowest BCUT2D eigenvalue weighted by Crippen LogP contribution is -2.33. The molecule has 36 heavy (non-hydrogen) atoms. The molecule has 0 spiro atoms. The molecule has 2 amide bonds. The van der Waals surface area contributed by atoms with Gasteiger partial charge in [-0.15, -0.1) is 0 Å². The van der Waals surface area contributed by atoms with Crippen LogP contribution in [0.4, 0.5) is 15.8 Å². The number of anilines is 1. The van der Waals surface area contributed by atoms with Gasteiger partial charge in [-0.1, -0.05) is 36.0 Å². The monoisotopic (exact) mass is 507 g/mol. The maximum absolute atomic E-state index is 14.3. The number of nitrogens with zero attached hydrogens (tertiary/aromatic N) is 2. The van der Waals surface area contributed by atoms with E-state index < -0.39 is 22.9 Å². The van der Waals surface area contributed by atoms with Crippen LogP contribution in [-0.2, 0) is 16.1 Å². The van der Waals surface area contributed by atoms with Crippen molar-refractivity contribution in [3.63, 3.8) is 0 Å². The molecule has 3 aromatic rings. The van der Waals surface area contributed by atoms with Crippen LogP contribution in [-0.4, -0.2) is 45.3 Å². The molecule has 0 aliphatic carbocycles. The first-order chi connectivity index (χ1) is 17.3. The number of methoxy groups -OCH3 is 1. The van der Waals surface area contributed by atoms with Crippen LogP contribution >= 0.6 is 11.8 Å². The number of rotatable bonds is 8. The van der Waals surface area contributed by atoms with Gasteiger partial charge in [-0.2, -0.15) is 0 Å². The van der Waals surface area contributed by atoms with Crippen molar-refractivity contribution < 1.29 is 28.6 Å². The summed E-state index contributed by atoms with van der Waals surface area (Å²) in [5.41, 5.74) is 1.42. The van der Waals surface area contributed by atoms with Crippen LogP contribution in [0.5, 0.6) is 5.75 Å². The van der Waals surface area contributed by atoms with Gasteiger partial charge in [0, 0.05) is 12.1 Å². The number of halogens is 1. The van der Waals surface area contributed by atoms with Crippen molar-refractivity contribution >= 4 is 46.1 Å². The first-order valence-corrected chi connectivity index (χ1v) is 11.8. The number of benzene rings is 3. The number of amidine groups is 1. The van der Waals surface area contributed by atoms with E-state index in [0.717, 1.165) is 17.3 Å². The molecule has 0 aromatic heterocycles. The number of aliphatic imine (C=N–C) groups is 1. The van der Waals surface area contributed by atoms with Crippen LogP contribution in [0.3, 0.4) is 0 Å². The Morgan fingerprint density at radius 2 is 1.78 bits per heavy atom. The summed E-state index contributed by atoms with van der Waals surface area (Å²) in [6.45, 7) is 0.192. The topological polar surface area (TPSA) is 108 Å². The number of aromatic carboxylic acids is 1. The van der Waals surface area contributed by atoms with Crippen molar-refractivity contribution in [2.75, 3.05) is 12.4 Å². The number of para-hydroxylation sites is 1. The van der Waals surface area contributed by atoms with Crippen LogP contribution in [0.25, 0.3) is 0 Å². The van der Waals surface area contributed by atoms with Crippen LogP contribution in [0.1, 0.15) is 22.3 Å². The molecule has 0 bridgehead atoms. The third kappa shape index (κ3) is 5.89. The highest BCUT2D eigenvalue weighted by molar-refractivity contribution is 8.15. The highest BCUT2D eigenvalue weighted by Gasteiger charge is 2.39. The second kappa shape index (κ2) is 11.0. The number of nitrogens with one attached hydrogen (secondary N) is 1. The van der Waals surface area contributed by atoms with Gasteiger partial charge in [0.2, 0.25) is 11.8 Å². The van der Waals surface area contributed by atoms with Crippen LogP contribution < -0.4 is 10.1 Å². The van der Waals surface area contributed by atoms with E-state index in [4.69, 9.17) is 9.84 Å². The molecule has 10 heteroatoms. The minimum Gasteiger partial charge on any atom is -0.497 e. The predicted octanol–water partition coefficient (Wildman–Crippen LogP) is 4.69. The van der Waals surface area contributed by atoms with Gasteiger partial charge in [-0.05, 0) is 54.1 Å². The van der Waals surface area contributed by atoms with Crippen molar-refractivity contribution in [1.82, 2.24) is 4.90 Å². The number of hydrogen-bond donors (Lipinski definition) is 2. The average Bonchev–Trinajstić information content (AvgIpc) is 3.15. The van der Waals surface area contributed by atoms with Crippen LogP contribution in [0, 0.1) is 5.82 Å². The molecular formula is C26H22FN3O5S. The Balaban J connectivity index is 1.53. The second-order valence-corrected chi connectivity index (χ2v) is 9.03. The maximum atomic E-state index is 14.3. The Kier molecular flexibility index (Phi) is 7.65. The molecule has 184 valence electrons. The Hall–Kier alpha value is -4.18. The second-order valence-electron chi connectivity index (χ2n) is 7.86. The molecule has 1 fully saturated rings. The third-order valence-corrected chi connectivity index (χ3v) is 6.55. The third-order valence-electron chi connectivity index (χ3n) is 5.37. The van der Waals surface area contributed by atoms with E-state index in [1.165, 1.54) is 41.3 Å². The Labute approximate surface area is 210 Å². The number of carbonyl (C=O) groups is 3. The van der Waals surface area contributed by atoms with E-state index in [1.54, 1.807) is 31.4 Å². The molecule has 0 radical (unpaired) electrons. The van der Waals surface area contributed by atoms with Gasteiger partial charge in [0.25, 0.3) is 0 Å². The van der Waals surface area contributed by atoms with Gasteiger partial charge in [-0.25, -0.2) is 14.2 Å². The lowest BCUT2D eigenvalue weighted by atomic mass is 10.2.